The Morgan fingerprint density at radius 2 is 2.24 bits per heavy atom. The van der Waals surface area contributed by atoms with Gasteiger partial charge in [-0.15, -0.1) is 0 Å². The number of benzene rings is 1. The maximum atomic E-state index is 13.9. The molecule has 6 heteroatoms. The fourth-order valence-electron chi connectivity index (χ4n) is 2.73. The van der Waals surface area contributed by atoms with Gasteiger partial charge in [0.25, 0.3) is 0 Å². The Bertz CT molecular complexity index is 530. The van der Waals surface area contributed by atoms with E-state index in [9.17, 15) is 14.3 Å². The van der Waals surface area contributed by atoms with Gasteiger partial charge in [0, 0.05) is 23.2 Å². The lowest BCUT2D eigenvalue weighted by molar-refractivity contribution is -0.134. The van der Waals surface area contributed by atoms with Gasteiger partial charge >= 0.3 is 0 Å². The van der Waals surface area contributed by atoms with Gasteiger partial charge < -0.3 is 15.3 Å². The average Bonchev–Trinajstić information content (AvgIpc) is 3.19. The summed E-state index contributed by atoms with van der Waals surface area (Å²) in [6.07, 6.45) is 1.80. The average molecular weight is 313 g/mol. The summed E-state index contributed by atoms with van der Waals surface area (Å²) in [5.41, 5.74) is 0.359. The highest BCUT2D eigenvalue weighted by Crippen LogP contribution is 2.31. The molecular formula is C15H18ClFN2O2. The molecule has 4 nitrogen and oxygen atoms in total. The molecule has 0 bridgehead atoms. The third-order valence-corrected chi connectivity index (χ3v) is 4.42. The molecule has 0 aromatic heterocycles. The van der Waals surface area contributed by atoms with Crippen molar-refractivity contribution in [3.63, 3.8) is 0 Å². The predicted molar refractivity (Wildman–Crippen MR) is 77.4 cm³/mol. The van der Waals surface area contributed by atoms with Crippen molar-refractivity contribution in [2.75, 3.05) is 6.54 Å². The molecule has 114 valence electrons. The van der Waals surface area contributed by atoms with Crippen molar-refractivity contribution >= 4 is 17.5 Å². The van der Waals surface area contributed by atoms with Crippen LogP contribution < -0.4 is 5.32 Å². The molecule has 1 saturated heterocycles. The van der Waals surface area contributed by atoms with Crippen LogP contribution >= 0.6 is 11.6 Å². The number of carbonyl (C=O) groups excluding carboxylic acids is 1. The zero-order valence-corrected chi connectivity index (χ0v) is 12.3. The zero-order chi connectivity index (χ0) is 15.0. The first kappa shape index (κ1) is 14.8. The highest BCUT2D eigenvalue weighted by molar-refractivity contribution is 6.31. The van der Waals surface area contributed by atoms with Gasteiger partial charge in [-0.05, 0) is 31.4 Å². The van der Waals surface area contributed by atoms with Crippen molar-refractivity contribution < 1.29 is 14.3 Å². The Labute approximate surface area is 127 Å². The molecule has 2 aliphatic rings. The Hall–Kier alpha value is -1.17. The number of rotatable bonds is 4. The molecule has 1 aliphatic heterocycles. The molecule has 2 N–H and O–H groups in total. The van der Waals surface area contributed by atoms with Crippen LogP contribution in [0.25, 0.3) is 0 Å². The molecule has 1 amide bonds. The second-order valence-corrected chi connectivity index (χ2v) is 6.16. The van der Waals surface area contributed by atoms with Crippen LogP contribution in [0.15, 0.2) is 18.2 Å². The van der Waals surface area contributed by atoms with E-state index in [0.29, 0.717) is 23.6 Å². The molecule has 0 spiro atoms. The van der Waals surface area contributed by atoms with E-state index >= 15 is 0 Å². The van der Waals surface area contributed by atoms with E-state index in [1.54, 1.807) is 17.0 Å². The number of aliphatic hydroxyl groups is 1. The lowest BCUT2D eigenvalue weighted by Crippen LogP contribution is -2.44. The summed E-state index contributed by atoms with van der Waals surface area (Å²) in [5.74, 6) is -0.464. The molecule has 3 rings (SSSR count). The van der Waals surface area contributed by atoms with E-state index in [1.165, 1.54) is 6.07 Å². The van der Waals surface area contributed by atoms with E-state index in [-0.39, 0.29) is 30.4 Å². The molecule has 2 fully saturated rings. The fourth-order valence-corrected chi connectivity index (χ4v) is 2.96. The first-order valence-corrected chi connectivity index (χ1v) is 7.59. The summed E-state index contributed by atoms with van der Waals surface area (Å²) >= 11 is 6.05. The van der Waals surface area contributed by atoms with Crippen LogP contribution in [0.3, 0.4) is 0 Å². The number of carbonyl (C=O) groups is 1. The molecule has 1 aromatic carbocycles. The van der Waals surface area contributed by atoms with Crippen LogP contribution in [0.2, 0.25) is 5.02 Å². The molecule has 1 aromatic rings. The first-order chi connectivity index (χ1) is 10.1. The third-order valence-electron chi connectivity index (χ3n) is 4.07. The minimum absolute atomic E-state index is 0.0756. The summed E-state index contributed by atoms with van der Waals surface area (Å²) in [5, 5.41) is 12.9. The summed E-state index contributed by atoms with van der Waals surface area (Å²) in [7, 11) is 0. The molecule has 0 radical (unpaired) electrons. The zero-order valence-electron chi connectivity index (χ0n) is 11.6. The number of nitrogens with zero attached hydrogens (tertiary/aromatic N) is 1. The topological polar surface area (TPSA) is 52.6 Å². The van der Waals surface area contributed by atoms with Gasteiger partial charge in [0.15, 0.2) is 0 Å². The van der Waals surface area contributed by atoms with Gasteiger partial charge in [0.2, 0.25) is 5.91 Å². The van der Waals surface area contributed by atoms with Gasteiger partial charge in [0.05, 0.1) is 18.7 Å². The van der Waals surface area contributed by atoms with Crippen LogP contribution in [-0.2, 0) is 11.3 Å². The minimum atomic E-state index is -0.489. The largest absolute Gasteiger partial charge is 0.392 e. The summed E-state index contributed by atoms with van der Waals surface area (Å²) in [6.45, 7) is 0.610. The molecule has 1 saturated carbocycles. The summed E-state index contributed by atoms with van der Waals surface area (Å²) in [6, 6.07) is 4.32. The summed E-state index contributed by atoms with van der Waals surface area (Å²) < 4.78 is 13.9. The molecule has 2 atom stereocenters. The van der Waals surface area contributed by atoms with Crippen LogP contribution in [0.5, 0.6) is 0 Å². The standard InChI is InChI=1S/C15H18ClFN2O2/c16-12-2-1-3-13(17)11(12)8-19(9-4-5-9)15(21)14-6-10(20)7-18-14/h1-3,9-10,14,18,20H,4-8H2. The number of aliphatic hydroxyl groups excluding tert-OH is 1. The van der Waals surface area contributed by atoms with Gasteiger partial charge in [-0.1, -0.05) is 17.7 Å². The van der Waals surface area contributed by atoms with Crippen molar-refractivity contribution in [1.29, 1.82) is 0 Å². The van der Waals surface area contributed by atoms with E-state index in [4.69, 9.17) is 11.6 Å². The molecular weight excluding hydrogens is 295 g/mol. The number of nitrogens with one attached hydrogen (secondary N) is 1. The first-order valence-electron chi connectivity index (χ1n) is 7.21. The van der Waals surface area contributed by atoms with Crippen molar-refractivity contribution in [2.24, 2.45) is 0 Å². The molecule has 2 unspecified atom stereocenters. The van der Waals surface area contributed by atoms with E-state index in [2.05, 4.69) is 5.32 Å². The SMILES string of the molecule is O=C(C1CC(O)CN1)N(Cc1c(F)cccc1Cl)C1CC1. The van der Waals surface area contributed by atoms with E-state index in [1.807, 2.05) is 0 Å². The van der Waals surface area contributed by atoms with Gasteiger partial charge in [0.1, 0.15) is 5.82 Å². The minimum Gasteiger partial charge on any atom is -0.392 e. The number of amides is 1. The Morgan fingerprint density at radius 1 is 1.48 bits per heavy atom. The maximum absolute atomic E-state index is 13.9. The van der Waals surface area contributed by atoms with Crippen LogP contribution in [0.1, 0.15) is 24.8 Å². The van der Waals surface area contributed by atoms with Gasteiger partial charge in [-0.2, -0.15) is 0 Å². The summed E-state index contributed by atoms with van der Waals surface area (Å²) in [4.78, 5) is 14.3. The third kappa shape index (κ3) is 3.20. The van der Waals surface area contributed by atoms with Crippen molar-refractivity contribution in [2.45, 2.75) is 44.0 Å². The second kappa shape index (κ2) is 5.91. The monoisotopic (exact) mass is 312 g/mol. The number of β-amino-alcohol motifs (C(OH)–C–C–N with tert-alkyl or cyclic N) is 1. The Morgan fingerprint density at radius 3 is 2.81 bits per heavy atom. The number of halogens is 2. The normalized spacial score (nSPS) is 25.1. The molecule has 1 heterocycles. The lowest BCUT2D eigenvalue weighted by Gasteiger charge is -2.26. The fraction of sp³-hybridized carbons (Fsp3) is 0.533. The quantitative estimate of drug-likeness (QED) is 0.889. The van der Waals surface area contributed by atoms with Gasteiger partial charge in [-0.25, -0.2) is 4.39 Å². The van der Waals surface area contributed by atoms with Crippen molar-refractivity contribution in [3.8, 4) is 0 Å². The Kier molecular flexibility index (Phi) is 4.15. The second-order valence-electron chi connectivity index (χ2n) is 5.75. The lowest BCUT2D eigenvalue weighted by atomic mass is 10.1. The predicted octanol–water partition coefficient (Wildman–Crippen LogP) is 1.69. The molecule has 1 aliphatic carbocycles. The van der Waals surface area contributed by atoms with E-state index < -0.39 is 6.10 Å². The van der Waals surface area contributed by atoms with Crippen LogP contribution in [0, 0.1) is 5.82 Å². The maximum Gasteiger partial charge on any atom is 0.240 e. The number of hydrogen-bond donors (Lipinski definition) is 2. The number of hydrogen-bond acceptors (Lipinski definition) is 3. The van der Waals surface area contributed by atoms with E-state index in [0.717, 1.165) is 12.8 Å². The smallest absolute Gasteiger partial charge is 0.240 e. The highest BCUT2D eigenvalue weighted by Gasteiger charge is 2.38. The highest BCUT2D eigenvalue weighted by atomic mass is 35.5. The van der Waals surface area contributed by atoms with Crippen molar-refractivity contribution in [1.82, 2.24) is 10.2 Å². The van der Waals surface area contributed by atoms with Crippen LogP contribution in [0.4, 0.5) is 4.39 Å². The molecule has 21 heavy (non-hydrogen) atoms. The Balaban J connectivity index is 1.77. The van der Waals surface area contributed by atoms with Crippen LogP contribution in [-0.4, -0.2) is 40.6 Å². The van der Waals surface area contributed by atoms with Crippen molar-refractivity contribution in [3.05, 3.63) is 34.6 Å². The van der Waals surface area contributed by atoms with Gasteiger partial charge in [-0.3, -0.25) is 4.79 Å².